The Balaban J connectivity index is 1.19. The summed E-state index contributed by atoms with van der Waals surface area (Å²) in [5.41, 5.74) is 3.12. The largest absolute Gasteiger partial charge is 0.368 e. The molecule has 0 bridgehead atoms. The van der Waals surface area contributed by atoms with Crippen LogP contribution in [0.1, 0.15) is 18.9 Å². The van der Waals surface area contributed by atoms with Crippen molar-refractivity contribution in [2.75, 3.05) is 47.2 Å². The molecule has 3 aromatic rings. The Labute approximate surface area is 227 Å². The van der Waals surface area contributed by atoms with Crippen LogP contribution < -0.4 is 14.5 Å². The maximum atomic E-state index is 13.7. The first-order valence-electron chi connectivity index (χ1n) is 12.5. The molecule has 1 atom stereocenters. The third kappa shape index (κ3) is 5.56. The number of carbonyl (C=O) groups excluding carboxylic acids is 1. The number of hydrogen-bond donors (Lipinski definition) is 1. The number of sulfonamides is 1. The normalized spacial score (nSPS) is 16.7. The molecule has 2 aromatic carbocycles. The Morgan fingerprint density at radius 3 is 2.47 bits per heavy atom. The molecule has 38 heavy (non-hydrogen) atoms. The fraction of sp³-hybridized carbons (Fsp3) is 0.333. The number of nitrogens with one attached hydrogen (secondary N) is 1. The van der Waals surface area contributed by atoms with Crippen LogP contribution in [0.2, 0.25) is 5.15 Å². The Morgan fingerprint density at radius 2 is 1.76 bits per heavy atom. The van der Waals surface area contributed by atoms with E-state index in [0.717, 1.165) is 36.3 Å². The van der Waals surface area contributed by atoms with E-state index in [1.807, 2.05) is 11.8 Å². The average Bonchev–Trinajstić information content (AvgIpc) is 2.91. The number of rotatable bonds is 6. The Morgan fingerprint density at radius 1 is 1.03 bits per heavy atom. The van der Waals surface area contributed by atoms with Crippen LogP contribution in [0.3, 0.4) is 0 Å². The Hall–Kier alpha value is -3.37. The monoisotopic (exact) mass is 557 g/mol. The van der Waals surface area contributed by atoms with Crippen molar-refractivity contribution in [2.24, 2.45) is 0 Å². The second-order valence-corrected chi connectivity index (χ2v) is 11.6. The molecule has 1 N–H and O–H groups in total. The van der Waals surface area contributed by atoms with E-state index in [-0.39, 0.29) is 27.8 Å². The minimum absolute atomic E-state index is 0.0607. The summed E-state index contributed by atoms with van der Waals surface area (Å²) in [5, 5.41) is 0.198. The second-order valence-electron chi connectivity index (χ2n) is 9.52. The van der Waals surface area contributed by atoms with Crippen LogP contribution in [-0.2, 0) is 21.2 Å². The van der Waals surface area contributed by atoms with E-state index in [0.29, 0.717) is 31.9 Å². The number of carbonyl (C=O) groups is 1. The van der Waals surface area contributed by atoms with Crippen molar-refractivity contribution in [2.45, 2.75) is 30.7 Å². The first kappa shape index (κ1) is 26.2. The van der Waals surface area contributed by atoms with Gasteiger partial charge in [-0.1, -0.05) is 11.6 Å². The van der Waals surface area contributed by atoms with Gasteiger partial charge in [-0.25, -0.2) is 17.8 Å². The van der Waals surface area contributed by atoms with Gasteiger partial charge < -0.3 is 14.7 Å². The van der Waals surface area contributed by atoms with Gasteiger partial charge in [-0.3, -0.25) is 9.52 Å². The van der Waals surface area contributed by atoms with E-state index in [1.54, 1.807) is 36.4 Å². The van der Waals surface area contributed by atoms with Gasteiger partial charge in [0, 0.05) is 50.3 Å². The van der Waals surface area contributed by atoms with Crippen molar-refractivity contribution in [1.29, 1.82) is 0 Å². The number of benzene rings is 2. The first-order valence-corrected chi connectivity index (χ1v) is 14.4. The summed E-state index contributed by atoms with van der Waals surface area (Å²) in [7, 11) is -3.77. The predicted molar refractivity (Wildman–Crippen MR) is 147 cm³/mol. The standard InChI is InChI=1S/C27H29ClFN5O3S/c1-19(34-12-2-3-20-17-21(29)4-9-25(20)34)27(35)33-15-13-32(14-16-33)23-5-7-24(8-6-23)38(36,37)31-22-10-11-30-26(28)18-22/h4-11,17-19H,2-3,12-16H2,1H3,(H,30,31)/t19-/m1/s1. The van der Waals surface area contributed by atoms with Gasteiger partial charge >= 0.3 is 0 Å². The second kappa shape index (κ2) is 10.8. The molecule has 1 saturated heterocycles. The van der Waals surface area contributed by atoms with E-state index in [2.05, 4.69) is 19.5 Å². The summed E-state index contributed by atoms with van der Waals surface area (Å²) in [6.45, 7) is 5.10. The highest BCUT2D eigenvalue weighted by Gasteiger charge is 2.31. The fourth-order valence-electron chi connectivity index (χ4n) is 5.10. The van der Waals surface area contributed by atoms with Crippen molar-refractivity contribution in [1.82, 2.24) is 9.88 Å². The lowest BCUT2D eigenvalue weighted by molar-refractivity contribution is -0.132. The van der Waals surface area contributed by atoms with Gasteiger partial charge in [-0.05, 0) is 79.9 Å². The number of pyridine rings is 1. The lowest BCUT2D eigenvalue weighted by Crippen LogP contribution is -2.55. The number of aromatic nitrogens is 1. The van der Waals surface area contributed by atoms with Crippen molar-refractivity contribution in [3.63, 3.8) is 0 Å². The zero-order valence-electron chi connectivity index (χ0n) is 21.0. The minimum Gasteiger partial charge on any atom is -0.368 e. The lowest BCUT2D eigenvalue weighted by Gasteiger charge is -2.41. The molecule has 2 aliphatic heterocycles. The predicted octanol–water partition coefficient (Wildman–Crippen LogP) is 4.16. The zero-order chi connectivity index (χ0) is 26.9. The number of hydrogen-bond acceptors (Lipinski definition) is 6. The van der Waals surface area contributed by atoms with Gasteiger partial charge in [0.2, 0.25) is 5.91 Å². The molecule has 8 nitrogen and oxygen atoms in total. The van der Waals surface area contributed by atoms with Crippen molar-refractivity contribution >= 4 is 44.6 Å². The number of fused-ring (bicyclic) bond motifs is 1. The van der Waals surface area contributed by atoms with Crippen molar-refractivity contribution in [3.05, 3.63) is 77.3 Å². The van der Waals surface area contributed by atoms with E-state index >= 15 is 0 Å². The lowest BCUT2D eigenvalue weighted by atomic mass is 9.99. The molecular formula is C27H29ClFN5O3S. The molecule has 3 heterocycles. The number of amides is 1. The molecule has 200 valence electrons. The SMILES string of the molecule is C[C@H](C(=O)N1CCN(c2ccc(S(=O)(=O)Nc3ccnc(Cl)c3)cc2)CC1)N1CCCc2cc(F)ccc21. The first-order chi connectivity index (χ1) is 18.2. The van der Waals surface area contributed by atoms with Crippen LogP contribution in [0.15, 0.2) is 65.7 Å². The van der Waals surface area contributed by atoms with E-state index in [4.69, 9.17) is 11.6 Å². The van der Waals surface area contributed by atoms with Crippen LogP contribution in [0.4, 0.5) is 21.5 Å². The molecule has 5 rings (SSSR count). The quantitative estimate of drug-likeness (QED) is 0.458. The fourth-order valence-corrected chi connectivity index (χ4v) is 6.32. The molecule has 1 aromatic heterocycles. The summed E-state index contributed by atoms with van der Waals surface area (Å²) in [6.07, 6.45) is 3.14. The maximum Gasteiger partial charge on any atom is 0.261 e. The van der Waals surface area contributed by atoms with Gasteiger partial charge in [-0.2, -0.15) is 0 Å². The van der Waals surface area contributed by atoms with Gasteiger partial charge in [0.15, 0.2) is 0 Å². The molecule has 1 fully saturated rings. The Kier molecular flexibility index (Phi) is 7.45. The molecule has 0 saturated carbocycles. The summed E-state index contributed by atoms with van der Waals surface area (Å²) in [5.74, 6) is -0.188. The summed E-state index contributed by atoms with van der Waals surface area (Å²) in [6, 6.07) is 14.1. The highest BCUT2D eigenvalue weighted by Crippen LogP contribution is 2.30. The van der Waals surface area contributed by atoms with Crippen LogP contribution in [0.5, 0.6) is 0 Å². The van der Waals surface area contributed by atoms with Gasteiger partial charge in [0.1, 0.15) is 17.0 Å². The number of aryl methyl sites for hydroxylation is 1. The zero-order valence-corrected chi connectivity index (χ0v) is 22.6. The summed E-state index contributed by atoms with van der Waals surface area (Å²) in [4.78, 5) is 23.4. The van der Waals surface area contributed by atoms with Crippen LogP contribution in [0.25, 0.3) is 0 Å². The van der Waals surface area contributed by atoms with E-state index in [1.165, 1.54) is 24.4 Å². The number of piperazine rings is 1. The van der Waals surface area contributed by atoms with Gasteiger partial charge in [0.25, 0.3) is 10.0 Å². The molecule has 11 heteroatoms. The molecule has 0 spiro atoms. The highest BCUT2D eigenvalue weighted by atomic mass is 35.5. The number of nitrogens with zero attached hydrogens (tertiary/aromatic N) is 4. The molecule has 0 aliphatic carbocycles. The van der Waals surface area contributed by atoms with Gasteiger partial charge in [0.05, 0.1) is 10.6 Å². The smallest absolute Gasteiger partial charge is 0.261 e. The highest BCUT2D eigenvalue weighted by molar-refractivity contribution is 7.92. The van der Waals surface area contributed by atoms with Crippen LogP contribution >= 0.6 is 11.6 Å². The maximum absolute atomic E-state index is 13.7. The van der Waals surface area contributed by atoms with E-state index < -0.39 is 10.0 Å². The number of halogens is 2. The molecule has 0 radical (unpaired) electrons. The average molecular weight is 558 g/mol. The van der Waals surface area contributed by atoms with Gasteiger partial charge in [-0.15, -0.1) is 0 Å². The third-order valence-electron chi connectivity index (χ3n) is 7.10. The molecule has 0 unspecified atom stereocenters. The van der Waals surface area contributed by atoms with Crippen LogP contribution in [-0.4, -0.2) is 63.0 Å². The molecule has 1 amide bonds. The third-order valence-corrected chi connectivity index (χ3v) is 8.71. The Bertz CT molecular complexity index is 1430. The summed E-state index contributed by atoms with van der Waals surface area (Å²) >= 11 is 5.85. The van der Waals surface area contributed by atoms with Crippen LogP contribution in [0, 0.1) is 5.82 Å². The summed E-state index contributed by atoms with van der Waals surface area (Å²) < 4.78 is 41.7. The number of anilines is 3. The van der Waals surface area contributed by atoms with Crippen molar-refractivity contribution < 1.29 is 17.6 Å². The van der Waals surface area contributed by atoms with Crippen molar-refractivity contribution in [3.8, 4) is 0 Å². The topological polar surface area (TPSA) is 85.8 Å². The van der Waals surface area contributed by atoms with E-state index in [9.17, 15) is 17.6 Å². The molecular weight excluding hydrogens is 529 g/mol. The minimum atomic E-state index is -3.77. The molecule has 2 aliphatic rings.